The third-order valence-electron chi connectivity index (χ3n) is 5.26. The molecule has 1 aromatic heterocycles. The van der Waals surface area contributed by atoms with E-state index in [0.29, 0.717) is 17.2 Å². The fraction of sp³-hybridized carbons (Fsp3) is 0.111. The molecule has 3 aromatic carbocycles. The molecule has 0 bridgehead atoms. The fourth-order valence-electron chi connectivity index (χ4n) is 3.73. The summed E-state index contributed by atoms with van der Waals surface area (Å²) >= 11 is 6.29. The van der Waals surface area contributed by atoms with Gasteiger partial charge in [0.1, 0.15) is 6.61 Å². The van der Waals surface area contributed by atoms with Crippen molar-refractivity contribution in [2.75, 3.05) is 0 Å². The first-order valence-electron chi connectivity index (χ1n) is 10.3. The van der Waals surface area contributed by atoms with Crippen LogP contribution >= 0.6 is 11.6 Å². The Morgan fingerprint density at radius 2 is 1.78 bits per heavy atom. The summed E-state index contributed by atoms with van der Waals surface area (Å²) in [6.45, 7) is 4.30. The van der Waals surface area contributed by atoms with Gasteiger partial charge in [-0.1, -0.05) is 65.3 Å². The molecule has 0 aliphatic rings. The minimum atomic E-state index is 0.298. The molecule has 0 spiro atoms. The first kappa shape index (κ1) is 21.4. The highest BCUT2D eigenvalue weighted by molar-refractivity contribution is 6.30. The van der Waals surface area contributed by atoms with Gasteiger partial charge in [0.15, 0.2) is 0 Å². The number of nitrogens with zero attached hydrogens (tertiary/aromatic N) is 3. The Kier molecular flexibility index (Phi) is 6.39. The van der Waals surface area contributed by atoms with Crippen LogP contribution in [0, 0.1) is 18.3 Å². The first-order valence-corrected chi connectivity index (χ1v) is 10.6. The number of rotatable bonds is 6. The Morgan fingerprint density at radius 3 is 2.53 bits per heavy atom. The normalized spacial score (nSPS) is 11.2. The lowest BCUT2D eigenvalue weighted by molar-refractivity contribution is 0.130. The van der Waals surface area contributed by atoms with Gasteiger partial charge in [0.05, 0.1) is 23.0 Å². The minimum Gasteiger partial charge on any atom is -0.391 e. The van der Waals surface area contributed by atoms with Crippen molar-refractivity contribution >= 4 is 17.3 Å². The molecule has 0 unspecified atom stereocenters. The molecular weight excluding hydrogens is 418 g/mol. The average Bonchev–Trinajstić information content (AvgIpc) is 3.17. The number of oxime groups is 1. The van der Waals surface area contributed by atoms with Gasteiger partial charge in [0, 0.05) is 22.0 Å². The van der Waals surface area contributed by atoms with Gasteiger partial charge < -0.3 is 9.40 Å². The Morgan fingerprint density at radius 1 is 1.00 bits per heavy atom. The van der Waals surface area contributed by atoms with Crippen LogP contribution in [0.5, 0.6) is 0 Å². The SMILES string of the molecule is C/C(=N/OCc1cccc(C#N)c1)c1cc(-c2ccccc2)n(-c2cccc(Cl)c2)c1C. The lowest BCUT2D eigenvalue weighted by Crippen LogP contribution is -2.02. The summed E-state index contributed by atoms with van der Waals surface area (Å²) in [6, 6.07) is 29.7. The molecular formula is C27H22ClN3O. The molecule has 4 aromatic rings. The largest absolute Gasteiger partial charge is 0.391 e. The molecule has 0 aliphatic heterocycles. The van der Waals surface area contributed by atoms with Crippen molar-refractivity contribution in [1.82, 2.24) is 4.57 Å². The summed E-state index contributed by atoms with van der Waals surface area (Å²) in [5.74, 6) is 0. The van der Waals surface area contributed by atoms with Crippen LogP contribution in [0.15, 0.2) is 90.1 Å². The molecule has 32 heavy (non-hydrogen) atoms. The molecule has 5 heteroatoms. The van der Waals surface area contributed by atoms with Gasteiger partial charge in [-0.15, -0.1) is 0 Å². The van der Waals surface area contributed by atoms with Crippen LogP contribution < -0.4 is 0 Å². The maximum absolute atomic E-state index is 9.06. The summed E-state index contributed by atoms with van der Waals surface area (Å²) in [4.78, 5) is 5.62. The van der Waals surface area contributed by atoms with Crippen LogP contribution in [0.1, 0.15) is 29.3 Å². The highest BCUT2D eigenvalue weighted by atomic mass is 35.5. The maximum atomic E-state index is 9.06. The van der Waals surface area contributed by atoms with Gasteiger partial charge in [0.25, 0.3) is 0 Å². The number of hydrogen-bond acceptors (Lipinski definition) is 3. The minimum absolute atomic E-state index is 0.298. The monoisotopic (exact) mass is 439 g/mol. The molecule has 0 amide bonds. The Balaban J connectivity index is 1.69. The molecule has 0 saturated carbocycles. The fourth-order valence-corrected chi connectivity index (χ4v) is 3.91. The van der Waals surface area contributed by atoms with Crippen molar-refractivity contribution < 1.29 is 4.84 Å². The van der Waals surface area contributed by atoms with Crippen molar-refractivity contribution in [2.24, 2.45) is 5.16 Å². The zero-order chi connectivity index (χ0) is 22.5. The van der Waals surface area contributed by atoms with Crippen LogP contribution in [0.25, 0.3) is 16.9 Å². The molecule has 0 saturated heterocycles. The number of halogens is 1. The summed E-state index contributed by atoms with van der Waals surface area (Å²) in [5, 5.41) is 14.1. The smallest absolute Gasteiger partial charge is 0.142 e. The van der Waals surface area contributed by atoms with Gasteiger partial charge in [-0.2, -0.15) is 5.26 Å². The zero-order valence-corrected chi connectivity index (χ0v) is 18.7. The summed E-state index contributed by atoms with van der Waals surface area (Å²) in [7, 11) is 0. The molecule has 0 fully saturated rings. The lowest BCUT2D eigenvalue weighted by Gasteiger charge is -2.13. The van der Waals surface area contributed by atoms with Crippen LogP contribution in [-0.4, -0.2) is 10.3 Å². The van der Waals surface area contributed by atoms with Crippen molar-refractivity contribution in [1.29, 1.82) is 5.26 Å². The summed E-state index contributed by atoms with van der Waals surface area (Å²) in [6.07, 6.45) is 0. The van der Waals surface area contributed by atoms with Gasteiger partial charge in [-0.25, -0.2) is 0 Å². The Labute approximate surface area is 193 Å². The quantitative estimate of drug-likeness (QED) is 0.242. The summed E-state index contributed by atoms with van der Waals surface area (Å²) in [5.41, 5.74) is 7.46. The molecule has 158 valence electrons. The molecule has 1 heterocycles. The topological polar surface area (TPSA) is 50.3 Å². The summed E-state index contributed by atoms with van der Waals surface area (Å²) < 4.78 is 2.19. The van der Waals surface area contributed by atoms with E-state index in [-0.39, 0.29) is 0 Å². The van der Waals surface area contributed by atoms with Gasteiger partial charge in [0.2, 0.25) is 0 Å². The van der Waals surface area contributed by atoms with E-state index >= 15 is 0 Å². The van der Waals surface area contributed by atoms with E-state index in [4.69, 9.17) is 21.7 Å². The number of aromatic nitrogens is 1. The van der Waals surface area contributed by atoms with Crippen LogP contribution in [-0.2, 0) is 11.4 Å². The zero-order valence-electron chi connectivity index (χ0n) is 17.9. The van der Waals surface area contributed by atoms with E-state index in [1.54, 1.807) is 12.1 Å². The predicted octanol–water partition coefficient (Wildman–Crippen LogP) is 6.92. The average molecular weight is 440 g/mol. The predicted molar refractivity (Wildman–Crippen MR) is 129 cm³/mol. The van der Waals surface area contributed by atoms with Gasteiger partial charge in [-0.3, -0.25) is 0 Å². The Bertz CT molecular complexity index is 1320. The molecule has 0 radical (unpaired) electrons. The lowest BCUT2D eigenvalue weighted by atomic mass is 10.1. The second-order valence-electron chi connectivity index (χ2n) is 7.47. The number of nitriles is 1. The van der Waals surface area contributed by atoms with Gasteiger partial charge >= 0.3 is 0 Å². The van der Waals surface area contributed by atoms with Crippen molar-refractivity contribution in [3.8, 4) is 23.0 Å². The highest BCUT2D eigenvalue weighted by Crippen LogP contribution is 2.31. The highest BCUT2D eigenvalue weighted by Gasteiger charge is 2.17. The van der Waals surface area contributed by atoms with Gasteiger partial charge in [-0.05, 0) is 61.4 Å². The number of benzene rings is 3. The molecule has 0 N–H and O–H groups in total. The van der Waals surface area contributed by atoms with Crippen molar-refractivity contribution in [3.05, 3.63) is 112 Å². The number of hydrogen-bond donors (Lipinski definition) is 0. The first-order chi connectivity index (χ1) is 15.6. The molecule has 0 aliphatic carbocycles. The van der Waals surface area contributed by atoms with E-state index in [2.05, 4.69) is 40.9 Å². The van der Waals surface area contributed by atoms with Crippen LogP contribution in [0.4, 0.5) is 0 Å². The van der Waals surface area contributed by atoms with Crippen molar-refractivity contribution in [3.63, 3.8) is 0 Å². The second-order valence-corrected chi connectivity index (χ2v) is 7.91. The second kappa shape index (κ2) is 9.55. The van der Waals surface area contributed by atoms with Crippen LogP contribution in [0.3, 0.4) is 0 Å². The third-order valence-corrected chi connectivity index (χ3v) is 5.50. The maximum Gasteiger partial charge on any atom is 0.142 e. The molecule has 4 nitrogen and oxygen atoms in total. The van der Waals surface area contributed by atoms with E-state index in [0.717, 1.165) is 39.5 Å². The third kappa shape index (κ3) is 4.59. The van der Waals surface area contributed by atoms with E-state index in [1.807, 2.05) is 61.5 Å². The van der Waals surface area contributed by atoms with E-state index in [9.17, 15) is 0 Å². The van der Waals surface area contributed by atoms with Crippen molar-refractivity contribution in [2.45, 2.75) is 20.5 Å². The molecule has 4 rings (SSSR count). The Hall–Kier alpha value is -3.81. The molecule has 0 atom stereocenters. The van der Waals surface area contributed by atoms with Crippen LogP contribution in [0.2, 0.25) is 5.02 Å². The van der Waals surface area contributed by atoms with E-state index < -0.39 is 0 Å². The standard InChI is InChI=1S/C27H22ClN3O/c1-19(30-32-18-22-9-6-8-21(14-22)17-29)26-16-27(23-10-4-3-5-11-23)31(20(26)2)25-13-7-12-24(28)15-25/h3-16H,18H2,1-2H3/b30-19-. The van der Waals surface area contributed by atoms with E-state index in [1.165, 1.54) is 0 Å².